The molecule has 0 saturated heterocycles. The molecule has 0 aliphatic carbocycles. The van der Waals surface area contributed by atoms with Crippen molar-refractivity contribution in [3.8, 4) is 33.8 Å². The van der Waals surface area contributed by atoms with Gasteiger partial charge in [0.2, 0.25) is 0 Å². The van der Waals surface area contributed by atoms with Crippen LogP contribution in [-0.2, 0) is 12.1 Å². The van der Waals surface area contributed by atoms with Crippen LogP contribution >= 0.6 is 11.6 Å². The van der Waals surface area contributed by atoms with Gasteiger partial charge in [0.25, 0.3) is 0 Å². The third-order valence-electron chi connectivity index (χ3n) is 6.70. The monoisotopic (exact) mass is 546 g/mol. The Morgan fingerprint density at radius 3 is 2.42 bits per heavy atom. The Kier molecular flexibility index (Phi) is 6.54. The van der Waals surface area contributed by atoms with Crippen LogP contribution in [0.4, 0.5) is 5.82 Å². The minimum absolute atomic E-state index is 0.330. The predicted molar refractivity (Wildman–Crippen MR) is 160 cm³/mol. The zero-order valence-corrected chi connectivity index (χ0v) is 22.8. The molecule has 0 fully saturated rings. The van der Waals surface area contributed by atoms with E-state index in [1.54, 1.807) is 20.0 Å². The highest BCUT2D eigenvalue weighted by molar-refractivity contribution is 6.35. The van der Waals surface area contributed by atoms with Gasteiger partial charge in [0.1, 0.15) is 11.3 Å². The van der Waals surface area contributed by atoms with Crippen LogP contribution in [0.15, 0.2) is 97.5 Å². The minimum atomic E-state index is -1.01. The highest BCUT2D eigenvalue weighted by Gasteiger charge is 2.20. The number of aliphatic hydroxyl groups is 1. The molecule has 4 aromatic heterocycles. The van der Waals surface area contributed by atoms with Crippen molar-refractivity contribution in [2.75, 3.05) is 5.73 Å². The Labute approximate surface area is 237 Å². The number of rotatable bonds is 6. The van der Waals surface area contributed by atoms with Gasteiger partial charge in [-0.2, -0.15) is 0 Å². The summed E-state index contributed by atoms with van der Waals surface area (Å²) in [6.07, 6.45) is 5.66. The Balaban J connectivity index is 1.44. The van der Waals surface area contributed by atoms with Crippen LogP contribution < -0.4 is 5.73 Å². The van der Waals surface area contributed by atoms with E-state index in [0.29, 0.717) is 40.2 Å². The highest BCUT2D eigenvalue weighted by Crippen LogP contribution is 2.37. The van der Waals surface area contributed by atoms with E-state index in [9.17, 15) is 5.11 Å². The first kappa shape index (κ1) is 25.7. The summed E-state index contributed by atoms with van der Waals surface area (Å²) >= 11 is 6.66. The Morgan fingerprint density at radius 1 is 0.825 bits per heavy atom. The molecule has 6 aromatic rings. The van der Waals surface area contributed by atoms with Gasteiger partial charge in [0, 0.05) is 40.7 Å². The molecule has 40 heavy (non-hydrogen) atoms. The number of pyridine rings is 2. The number of hydrogen-bond acceptors (Lipinski definition) is 6. The number of fused-ring (bicyclic) bond motifs is 1. The quantitative estimate of drug-likeness (QED) is 0.240. The van der Waals surface area contributed by atoms with Gasteiger partial charge in [-0.15, -0.1) is 0 Å². The summed E-state index contributed by atoms with van der Waals surface area (Å²) < 4.78 is 2.01. The van der Waals surface area contributed by atoms with Crippen molar-refractivity contribution in [1.82, 2.24) is 24.5 Å². The van der Waals surface area contributed by atoms with Crippen molar-refractivity contribution in [2.24, 2.45) is 0 Å². The molecule has 2 aromatic carbocycles. The zero-order chi connectivity index (χ0) is 27.9. The average molecular weight is 547 g/mol. The van der Waals surface area contributed by atoms with E-state index < -0.39 is 5.60 Å². The summed E-state index contributed by atoms with van der Waals surface area (Å²) in [6.45, 7) is 3.98. The number of aromatic nitrogens is 5. The fraction of sp³-hybridized carbons (Fsp3) is 0.125. The van der Waals surface area contributed by atoms with Crippen LogP contribution in [-0.4, -0.2) is 29.6 Å². The van der Waals surface area contributed by atoms with Crippen LogP contribution in [0.3, 0.4) is 0 Å². The van der Waals surface area contributed by atoms with E-state index in [1.165, 1.54) is 0 Å². The summed E-state index contributed by atoms with van der Waals surface area (Å²) in [5.41, 5.74) is 12.2. The number of anilines is 1. The fourth-order valence-electron chi connectivity index (χ4n) is 4.72. The summed E-state index contributed by atoms with van der Waals surface area (Å²) in [4.78, 5) is 19.0. The molecule has 7 nitrogen and oxygen atoms in total. The Bertz CT molecular complexity index is 1840. The van der Waals surface area contributed by atoms with Crippen molar-refractivity contribution in [3.63, 3.8) is 0 Å². The second-order valence-corrected chi connectivity index (χ2v) is 10.6. The molecule has 0 radical (unpaired) electrons. The van der Waals surface area contributed by atoms with E-state index in [4.69, 9.17) is 27.3 Å². The SMILES string of the molecule is CC(C)(O)c1cccc(Cn2ccc(-c3nc(-c4cc(Cl)c5ncccc5c4)c(-c4ccccc4)nc3N)c2)n1. The second-order valence-electron chi connectivity index (χ2n) is 10.2. The lowest BCUT2D eigenvalue weighted by Crippen LogP contribution is -2.18. The van der Waals surface area contributed by atoms with E-state index in [2.05, 4.69) is 9.97 Å². The van der Waals surface area contributed by atoms with Gasteiger partial charge in [-0.05, 0) is 50.2 Å². The molecule has 0 aliphatic heterocycles. The molecular formula is C32H27ClN6O. The largest absolute Gasteiger partial charge is 0.384 e. The third-order valence-corrected chi connectivity index (χ3v) is 6.99. The first-order valence-corrected chi connectivity index (χ1v) is 13.3. The molecule has 198 valence electrons. The Morgan fingerprint density at radius 2 is 1.62 bits per heavy atom. The lowest BCUT2D eigenvalue weighted by Gasteiger charge is -2.17. The minimum Gasteiger partial charge on any atom is -0.384 e. The van der Waals surface area contributed by atoms with Gasteiger partial charge < -0.3 is 15.4 Å². The number of hydrogen-bond donors (Lipinski definition) is 2. The topological polar surface area (TPSA) is 103 Å². The van der Waals surface area contributed by atoms with Gasteiger partial charge in [-0.1, -0.05) is 54.1 Å². The normalized spacial score (nSPS) is 11.7. The lowest BCUT2D eigenvalue weighted by molar-refractivity contribution is 0.0736. The molecule has 4 heterocycles. The van der Waals surface area contributed by atoms with Gasteiger partial charge in [0.15, 0.2) is 5.82 Å². The van der Waals surface area contributed by atoms with E-state index in [-0.39, 0.29) is 0 Å². The van der Waals surface area contributed by atoms with E-state index in [0.717, 1.165) is 33.3 Å². The molecule has 0 saturated carbocycles. The zero-order valence-electron chi connectivity index (χ0n) is 22.1. The number of nitrogen functional groups attached to an aromatic ring is 1. The molecular weight excluding hydrogens is 520 g/mol. The maximum atomic E-state index is 10.4. The molecule has 8 heteroatoms. The van der Waals surface area contributed by atoms with Crippen molar-refractivity contribution in [1.29, 1.82) is 0 Å². The number of halogens is 1. The number of nitrogens with two attached hydrogens (primary N) is 1. The van der Waals surface area contributed by atoms with Crippen LogP contribution in [0.25, 0.3) is 44.7 Å². The van der Waals surface area contributed by atoms with Gasteiger partial charge >= 0.3 is 0 Å². The first-order chi connectivity index (χ1) is 19.3. The third kappa shape index (κ3) is 5.04. The van der Waals surface area contributed by atoms with Gasteiger partial charge in [0.05, 0.1) is 39.9 Å². The molecule has 3 N–H and O–H groups in total. The smallest absolute Gasteiger partial charge is 0.150 e. The van der Waals surface area contributed by atoms with Crippen LogP contribution in [0.1, 0.15) is 25.2 Å². The lowest BCUT2D eigenvalue weighted by atomic mass is 10.0. The van der Waals surface area contributed by atoms with E-state index in [1.807, 2.05) is 95.8 Å². The van der Waals surface area contributed by atoms with E-state index >= 15 is 0 Å². The molecule has 0 unspecified atom stereocenters. The van der Waals surface area contributed by atoms with Crippen LogP contribution in [0.2, 0.25) is 5.02 Å². The van der Waals surface area contributed by atoms with Gasteiger partial charge in [-0.3, -0.25) is 9.97 Å². The maximum Gasteiger partial charge on any atom is 0.150 e. The Hall–Kier alpha value is -4.59. The van der Waals surface area contributed by atoms with Crippen molar-refractivity contribution < 1.29 is 5.11 Å². The summed E-state index contributed by atoms with van der Waals surface area (Å²) in [5, 5.41) is 11.8. The standard InChI is InChI=1S/C32H27ClN6O/c1-32(2,40)26-12-6-11-24(36-26)19-39-15-13-22(18-39)30-31(34)38-28(20-8-4-3-5-9-20)29(37-30)23-16-21-10-7-14-35-27(21)25(33)17-23/h3-18,40H,19H2,1-2H3,(H2,34,38). The number of nitrogens with zero attached hydrogens (tertiary/aromatic N) is 5. The fourth-order valence-corrected chi connectivity index (χ4v) is 4.99. The molecule has 0 atom stereocenters. The summed E-state index contributed by atoms with van der Waals surface area (Å²) in [6, 6.07) is 25.3. The second kappa shape index (κ2) is 10.2. The summed E-state index contributed by atoms with van der Waals surface area (Å²) in [5.74, 6) is 0.330. The number of benzene rings is 2. The summed E-state index contributed by atoms with van der Waals surface area (Å²) in [7, 11) is 0. The van der Waals surface area contributed by atoms with Gasteiger partial charge in [-0.25, -0.2) is 9.97 Å². The first-order valence-electron chi connectivity index (χ1n) is 12.9. The van der Waals surface area contributed by atoms with Crippen molar-refractivity contribution >= 4 is 28.3 Å². The molecule has 0 amide bonds. The van der Waals surface area contributed by atoms with Crippen LogP contribution in [0, 0.1) is 0 Å². The average Bonchev–Trinajstić information content (AvgIpc) is 3.41. The predicted octanol–water partition coefficient (Wildman–Crippen LogP) is 6.73. The molecule has 0 bridgehead atoms. The van der Waals surface area contributed by atoms with Crippen molar-refractivity contribution in [3.05, 3.63) is 114 Å². The maximum absolute atomic E-state index is 10.4. The molecule has 0 aliphatic rings. The van der Waals surface area contributed by atoms with Crippen molar-refractivity contribution in [2.45, 2.75) is 26.0 Å². The molecule has 6 rings (SSSR count). The highest BCUT2D eigenvalue weighted by atomic mass is 35.5. The van der Waals surface area contributed by atoms with Crippen LogP contribution in [0.5, 0.6) is 0 Å². The molecule has 0 spiro atoms.